The Bertz CT molecular complexity index is 3450. The molecular weight excluding hydrogens is 1560 g/mol. The summed E-state index contributed by atoms with van der Waals surface area (Å²) >= 11 is 0. The molecule has 0 unspecified atom stereocenters. The number of aliphatic imine (C=N–C) groups is 1. The first-order chi connectivity index (χ1) is 54.6. The molecule has 117 heavy (non-hydrogen) atoms. The third kappa shape index (κ3) is 43.1. The van der Waals surface area contributed by atoms with E-state index in [1.807, 2.05) is 10.6 Å². The van der Waals surface area contributed by atoms with Gasteiger partial charge in [-0.1, -0.05) is 61.8 Å². The number of aliphatic hydroxyl groups excluding tert-OH is 3. The number of carbonyl (C=O) groups is 20. The van der Waals surface area contributed by atoms with Crippen molar-refractivity contribution in [2.45, 2.75) is 243 Å². The van der Waals surface area contributed by atoms with Gasteiger partial charge in [-0.15, -0.1) is 0 Å². The number of hydrogen-bond acceptors (Lipinski definition) is 26. The molecular formula is C69H118N20O28. The fourth-order valence-electron chi connectivity index (χ4n) is 10.9. The minimum absolute atomic E-state index is 0.0259. The van der Waals surface area contributed by atoms with Crippen LogP contribution < -0.4 is 103 Å². The fraction of sp³-hybridized carbons (Fsp3) is 0.696. The molecule has 0 saturated heterocycles. The van der Waals surface area contributed by atoms with Gasteiger partial charge in [-0.25, -0.2) is 4.79 Å². The molecule has 0 fully saturated rings. The van der Waals surface area contributed by atoms with E-state index >= 15 is 0 Å². The van der Waals surface area contributed by atoms with Crippen molar-refractivity contribution in [3.63, 3.8) is 0 Å². The van der Waals surface area contributed by atoms with E-state index in [0.717, 1.165) is 0 Å². The van der Waals surface area contributed by atoms with Gasteiger partial charge in [-0.2, -0.15) is 0 Å². The van der Waals surface area contributed by atoms with Crippen LogP contribution in [0.5, 0.6) is 0 Å². The summed E-state index contributed by atoms with van der Waals surface area (Å²) in [6.45, 7) is 8.57. The molecule has 15 amide bonds. The second-order valence-electron chi connectivity index (χ2n) is 28.7. The van der Waals surface area contributed by atoms with Crippen molar-refractivity contribution >= 4 is 124 Å². The zero-order chi connectivity index (χ0) is 89.7. The first kappa shape index (κ1) is 105. The average Bonchev–Trinajstić information content (AvgIpc) is 0.856. The SMILES string of the molecule is CC[C@H](C)[C@H](NC(=O)[C@H](CCCN=C(N)N)NC(=O)[C@H](CCCCN)NC(=O)[C@H](CC(C)C)NC(=O)[C@H](CO)NC(=O)[C@H](CCC(=O)O)NC(=O)[C@H](CO)NC(=O)[C@@H](N)CC(C)C)C(=O)NCC(=O)N[C@@H](CC(=O)O)C(=O)N[C@@H](CCC(=O)O)C(=O)N[C@@H](CC(C)C)C(=O)N[C@@H](CC(=O)O)C(=O)N[C@@H](CO)C(=O)N[C@@H](CC(N)=O)C(=O)O. The number of hydrogen-bond donors (Lipinski definition) is 27. The average molecular weight is 1680 g/mol. The number of aliphatic hydroxyl groups is 3. The Kier molecular flexibility index (Phi) is 49.7. The van der Waals surface area contributed by atoms with Crippen LogP contribution in [0.3, 0.4) is 0 Å². The van der Waals surface area contributed by atoms with E-state index in [-0.39, 0.29) is 76.3 Å². The van der Waals surface area contributed by atoms with Crippen molar-refractivity contribution < 1.29 is 137 Å². The molecule has 0 aromatic rings. The normalized spacial score (nSPS) is 14.9. The van der Waals surface area contributed by atoms with Crippen LogP contribution in [0.15, 0.2) is 4.99 Å². The Morgan fingerprint density at radius 2 is 0.675 bits per heavy atom. The van der Waals surface area contributed by atoms with Gasteiger partial charge in [0.25, 0.3) is 0 Å². The largest absolute Gasteiger partial charge is 0.481 e. The lowest BCUT2D eigenvalue weighted by atomic mass is 9.97. The molecule has 0 aliphatic heterocycles. The Hall–Kier alpha value is -11.5. The predicted molar refractivity (Wildman–Crippen MR) is 408 cm³/mol. The minimum atomic E-state index is -2.13. The summed E-state index contributed by atoms with van der Waals surface area (Å²) in [6.07, 6.45) is -6.55. The highest BCUT2D eigenvalue weighted by molar-refractivity contribution is 6.01. The van der Waals surface area contributed by atoms with E-state index in [4.69, 9.17) is 28.7 Å². The number of rotatable bonds is 60. The molecule has 0 aromatic carbocycles. The number of nitrogens with zero attached hydrogens (tertiary/aromatic N) is 1. The Labute approximate surface area is 672 Å². The Morgan fingerprint density at radius 1 is 0.350 bits per heavy atom. The predicted octanol–water partition coefficient (Wildman–Crippen LogP) is -10.3. The third-order valence-electron chi connectivity index (χ3n) is 17.2. The van der Waals surface area contributed by atoms with Crippen LogP contribution in [-0.4, -0.2) is 289 Å². The highest BCUT2D eigenvalue weighted by Gasteiger charge is 2.39. The smallest absolute Gasteiger partial charge is 0.326 e. The van der Waals surface area contributed by atoms with Gasteiger partial charge in [0.1, 0.15) is 78.5 Å². The van der Waals surface area contributed by atoms with Crippen molar-refractivity contribution in [2.75, 3.05) is 39.5 Å². The summed E-state index contributed by atoms with van der Waals surface area (Å²) in [5.74, 6) is -28.2. The van der Waals surface area contributed by atoms with E-state index in [2.05, 4.69) is 68.8 Å². The lowest BCUT2D eigenvalue weighted by Gasteiger charge is -2.29. The number of unbranched alkanes of at least 4 members (excludes halogenated alkanes) is 1. The number of aliphatic carboxylic acids is 5. The lowest BCUT2D eigenvalue weighted by molar-refractivity contribution is -0.144. The van der Waals surface area contributed by atoms with Crippen LogP contribution in [0.1, 0.15) is 158 Å². The van der Waals surface area contributed by atoms with E-state index in [1.54, 1.807) is 34.6 Å². The quantitative estimate of drug-likeness (QED) is 0.0153. The molecule has 0 aromatic heterocycles. The minimum Gasteiger partial charge on any atom is -0.481 e. The zero-order valence-electron chi connectivity index (χ0n) is 66.5. The van der Waals surface area contributed by atoms with Gasteiger partial charge in [0, 0.05) is 19.4 Å². The second-order valence-corrected chi connectivity index (χ2v) is 28.7. The molecule has 0 saturated carbocycles. The number of nitrogens with two attached hydrogens (primary N) is 5. The van der Waals surface area contributed by atoms with Crippen LogP contribution in [-0.2, 0) is 95.9 Å². The first-order valence-electron chi connectivity index (χ1n) is 37.6. The number of carboxylic acids is 5. The van der Waals surface area contributed by atoms with Crippen molar-refractivity contribution in [3.05, 3.63) is 0 Å². The van der Waals surface area contributed by atoms with E-state index < -0.39 is 292 Å². The number of carboxylic acid groups (broad SMARTS) is 5. The summed E-state index contributed by atoms with van der Waals surface area (Å²) in [5, 5.41) is 110. The fourth-order valence-corrected chi connectivity index (χ4v) is 10.9. The van der Waals surface area contributed by atoms with Gasteiger partial charge in [-0.05, 0) is 94.4 Å². The first-order valence-corrected chi connectivity index (χ1v) is 37.6. The van der Waals surface area contributed by atoms with Crippen LogP contribution in [0.4, 0.5) is 0 Å². The van der Waals surface area contributed by atoms with Gasteiger partial charge >= 0.3 is 29.8 Å². The molecule has 0 rings (SSSR count). The number of carbonyl (C=O) groups excluding carboxylic acids is 15. The summed E-state index contributed by atoms with van der Waals surface area (Å²) < 4.78 is 0. The lowest BCUT2D eigenvalue weighted by Crippen LogP contribution is -2.61. The maximum Gasteiger partial charge on any atom is 0.326 e. The maximum absolute atomic E-state index is 14.5. The topological polar surface area (TPSA) is 814 Å². The second kappa shape index (κ2) is 55.1. The molecule has 48 nitrogen and oxygen atoms in total. The molecule has 0 radical (unpaired) electrons. The van der Waals surface area contributed by atoms with E-state index in [0.29, 0.717) is 6.42 Å². The van der Waals surface area contributed by atoms with Crippen molar-refractivity contribution in [1.82, 2.24) is 74.4 Å². The van der Waals surface area contributed by atoms with E-state index in [1.165, 1.54) is 20.8 Å². The molecule has 662 valence electrons. The van der Waals surface area contributed by atoms with Crippen molar-refractivity contribution in [3.8, 4) is 0 Å². The molecule has 0 aliphatic carbocycles. The van der Waals surface area contributed by atoms with Crippen molar-refractivity contribution in [2.24, 2.45) is 57.3 Å². The van der Waals surface area contributed by atoms with Crippen molar-refractivity contribution in [1.29, 1.82) is 0 Å². The maximum atomic E-state index is 14.5. The summed E-state index contributed by atoms with van der Waals surface area (Å²) in [7, 11) is 0. The van der Waals surface area contributed by atoms with Gasteiger partial charge in [0.15, 0.2) is 5.96 Å². The Morgan fingerprint density at radius 3 is 1.03 bits per heavy atom. The monoisotopic (exact) mass is 1670 g/mol. The third-order valence-corrected chi connectivity index (χ3v) is 17.2. The Balaban J connectivity index is 7.05. The molecule has 0 aliphatic rings. The number of primary amides is 1. The van der Waals surface area contributed by atoms with Crippen LogP contribution in [0, 0.1) is 23.7 Å². The highest BCUT2D eigenvalue weighted by atomic mass is 16.4. The highest BCUT2D eigenvalue weighted by Crippen LogP contribution is 2.15. The zero-order valence-corrected chi connectivity index (χ0v) is 66.5. The molecule has 0 heterocycles. The van der Waals surface area contributed by atoms with Crippen LogP contribution >= 0.6 is 0 Å². The summed E-state index contributed by atoms with van der Waals surface area (Å²) in [6, 6.07) is -24.6. The van der Waals surface area contributed by atoms with Gasteiger partial charge in [0.05, 0.1) is 51.7 Å². The summed E-state index contributed by atoms with van der Waals surface area (Å²) in [4.78, 5) is 267. The van der Waals surface area contributed by atoms with Gasteiger partial charge in [0.2, 0.25) is 88.6 Å². The summed E-state index contributed by atoms with van der Waals surface area (Å²) in [5.41, 5.74) is 27.8. The number of nitrogens with one attached hydrogen (secondary N) is 14. The molecule has 48 heteroatoms. The molecule has 0 spiro atoms. The number of amides is 15. The van der Waals surface area contributed by atoms with Crippen LogP contribution in [0.25, 0.3) is 0 Å². The van der Waals surface area contributed by atoms with Gasteiger partial charge < -0.3 is 144 Å². The molecule has 0 bridgehead atoms. The number of guanidine groups is 1. The molecule has 32 N–H and O–H groups in total. The standard InChI is InChI=1S/C69H118N20O28/c1-9-34(8)54(67(115)76-27-49(94)77-42(25-52(99)100)62(110)80-38(15-17-50(95)96)57(105)82-41(23-33(6)7)61(109)84-43(26-53(101)102)63(111)88-47(30-92)66(114)85-44(68(116)117)24-48(72)93)89-59(107)37(14-12-20-75-69(73)74)78-56(104)36(13-10-11-19-70)79-60(108)40(22-32(4)5)83-65(113)46(29-91)87-58(106)39(16-18-51(97)98)81-64(112)45(28-90)86-55(103)35(71)21-31(2)3/h31-47,54,90-92H,9-30,70-71H2,1-8H3,(H2,72,93)(H,76,115)(H,77,94)(H,78,104)(H,79,108)(H,80,110)(H,81,112)(H,82,105)(H,83,113)(H,84,109)(H,85,114)(H,86,103)(H,87,106)(H,88,111)(H,89,107)(H,95,96)(H,97,98)(H,99,100)(H,101,102)(H,116,117)(H4,73,74,75)/t34-,35-,36-,37-,38-,39-,40-,41-,42-,43-,44-,45-,46-,47-,54-/m0/s1. The van der Waals surface area contributed by atoms with Crippen LogP contribution in [0.2, 0.25) is 0 Å². The molecule has 15 atom stereocenters. The van der Waals surface area contributed by atoms with Gasteiger partial charge in [-0.3, -0.25) is 96.1 Å². The van der Waals surface area contributed by atoms with E-state index in [9.17, 15) is 137 Å².